The van der Waals surface area contributed by atoms with Crippen LogP contribution in [0.25, 0.3) is 0 Å². The third kappa shape index (κ3) is 9.04. The van der Waals surface area contributed by atoms with Gasteiger partial charge < -0.3 is 5.32 Å². The Morgan fingerprint density at radius 1 is 0.619 bits per heavy atom. The van der Waals surface area contributed by atoms with Crippen molar-refractivity contribution in [2.75, 3.05) is 0 Å². The van der Waals surface area contributed by atoms with Gasteiger partial charge in [0.05, 0.1) is 0 Å². The Hall–Kier alpha value is -1.60. The lowest BCUT2D eigenvalue weighted by Crippen LogP contribution is -2.12. The van der Waals surface area contributed by atoms with Crippen LogP contribution in [0.3, 0.4) is 0 Å². The smallest absolute Gasteiger partial charge is 0.0208 e. The maximum atomic E-state index is 3.42. The molecule has 2 rings (SSSR count). The van der Waals surface area contributed by atoms with E-state index in [1.807, 2.05) is 12.1 Å². The summed E-state index contributed by atoms with van der Waals surface area (Å²) in [6.07, 6.45) is 5.54. The second-order valence-corrected chi connectivity index (χ2v) is 5.28. The van der Waals surface area contributed by atoms with Gasteiger partial charge in [0.1, 0.15) is 0 Å². The molecule has 2 aromatic rings. The molecule has 0 aromatic heterocycles. The van der Waals surface area contributed by atoms with Crippen LogP contribution in [0.5, 0.6) is 0 Å². The van der Waals surface area contributed by atoms with Gasteiger partial charge in [-0.3, -0.25) is 0 Å². The molecule has 0 atom stereocenters. The molecule has 0 heterocycles. The van der Waals surface area contributed by atoms with Crippen LogP contribution in [0.2, 0.25) is 0 Å². The Bertz CT molecular complexity index is 392. The lowest BCUT2D eigenvalue weighted by Gasteiger charge is -2.04. The molecular weight excluding hydrogens is 254 g/mol. The number of unbranched alkanes of at least 4 members (excludes halogenated alkanes) is 3. The molecule has 114 valence electrons. The zero-order valence-electron chi connectivity index (χ0n) is 13.5. The first-order valence-electron chi connectivity index (χ1n) is 8.15. The van der Waals surface area contributed by atoms with Crippen molar-refractivity contribution in [3.63, 3.8) is 0 Å². The average molecular weight is 283 g/mol. The van der Waals surface area contributed by atoms with Crippen LogP contribution in [0, 0.1) is 0 Å². The predicted octanol–water partition coefficient (Wildman–Crippen LogP) is 5.56. The van der Waals surface area contributed by atoms with Crippen LogP contribution in [0.15, 0.2) is 60.7 Å². The summed E-state index contributed by atoms with van der Waals surface area (Å²) in [6, 6.07) is 20.9. The minimum absolute atomic E-state index is 0.926. The molecule has 0 aliphatic rings. The molecular formula is C20H29N. The van der Waals surface area contributed by atoms with Crippen molar-refractivity contribution in [3.8, 4) is 0 Å². The second-order valence-electron chi connectivity index (χ2n) is 5.28. The Morgan fingerprint density at radius 3 is 1.33 bits per heavy atom. The minimum Gasteiger partial charge on any atom is -0.309 e. The number of hydrogen-bond acceptors (Lipinski definition) is 1. The molecule has 0 spiro atoms. The maximum Gasteiger partial charge on any atom is 0.0208 e. The van der Waals surface area contributed by atoms with Crippen molar-refractivity contribution in [3.05, 3.63) is 71.8 Å². The van der Waals surface area contributed by atoms with Gasteiger partial charge in [-0.2, -0.15) is 0 Å². The van der Waals surface area contributed by atoms with Crippen molar-refractivity contribution in [1.29, 1.82) is 0 Å². The van der Waals surface area contributed by atoms with Crippen molar-refractivity contribution in [2.24, 2.45) is 0 Å². The van der Waals surface area contributed by atoms with Gasteiger partial charge in [-0.1, -0.05) is 100 Å². The van der Waals surface area contributed by atoms with Crippen molar-refractivity contribution in [1.82, 2.24) is 5.32 Å². The standard InChI is InChI=1S/C14H15N.C6H14/c1-3-7-13(8-4-1)11-15-12-14-9-5-2-6-10-14;1-3-5-6-4-2/h1-10,15H,11-12H2;3-6H2,1-2H3. The SMILES string of the molecule is CCCCCC.c1ccc(CNCc2ccccc2)cc1. The van der Waals surface area contributed by atoms with E-state index in [4.69, 9.17) is 0 Å². The molecule has 21 heavy (non-hydrogen) atoms. The minimum atomic E-state index is 0.926. The molecule has 0 unspecified atom stereocenters. The van der Waals surface area contributed by atoms with Crippen LogP contribution in [-0.4, -0.2) is 0 Å². The van der Waals surface area contributed by atoms with Gasteiger partial charge >= 0.3 is 0 Å². The fourth-order valence-electron chi connectivity index (χ4n) is 2.04. The monoisotopic (exact) mass is 283 g/mol. The number of benzene rings is 2. The number of nitrogens with one attached hydrogen (secondary N) is 1. The third-order valence-electron chi connectivity index (χ3n) is 3.30. The zero-order chi connectivity index (χ0) is 15.2. The fourth-order valence-corrected chi connectivity index (χ4v) is 2.04. The quantitative estimate of drug-likeness (QED) is 0.656. The summed E-state index contributed by atoms with van der Waals surface area (Å²) in [7, 11) is 0. The molecule has 0 aliphatic heterocycles. The van der Waals surface area contributed by atoms with E-state index in [9.17, 15) is 0 Å². The second kappa shape index (κ2) is 12.2. The normalized spacial score (nSPS) is 9.81. The molecule has 0 bridgehead atoms. The predicted molar refractivity (Wildman–Crippen MR) is 93.2 cm³/mol. The molecule has 1 N–H and O–H groups in total. The largest absolute Gasteiger partial charge is 0.309 e. The molecule has 0 amide bonds. The van der Waals surface area contributed by atoms with Crippen LogP contribution in [0.4, 0.5) is 0 Å². The molecule has 0 saturated carbocycles. The van der Waals surface area contributed by atoms with Gasteiger partial charge in [0.25, 0.3) is 0 Å². The van der Waals surface area contributed by atoms with Gasteiger partial charge in [0.2, 0.25) is 0 Å². The van der Waals surface area contributed by atoms with Crippen LogP contribution < -0.4 is 5.32 Å². The van der Waals surface area contributed by atoms with E-state index in [-0.39, 0.29) is 0 Å². The van der Waals surface area contributed by atoms with Gasteiger partial charge in [0.15, 0.2) is 0 Å². The van der Waals surface area contributed by atoms with E-state index in [1.54, 1.807) is 0 Å². The molecule has 1 heteroatoms. The summed E-state index contributed by atoms with van der Waals surface area (Å²) in [5.74, 6) is 0. The summed E-state index contributed by atoms with van der Waals surface area (Å²) in [6.45, 7) is 6.32. The van der Waals surface area contributed by atoms with E-state index in [2.05, 4.69) is 67.7 Å². The summed E-state index contributed by atoms with van der Waals surface area (Å²) >= 11 is 0. The van der Waals surface area contributed by atoms with Gasteiger partial charge in [-0.05, 0) is 11.1 Å². The molecule has 2 aromatic carbocycles. The summed E-state index contributed by atoms with van der Waals surface area (Å²) < 4.78 is 0. The number of rotatable bonds is 7. The molecule has 0 aliphatic carbocycles. The third-order valence-corrected chi connectivity index (χ3v) is 3.30. The zero-order valence-corrected chi connectivity index (χ0v) is 13.5. The summed E-state index contributed by atoms with van der Waals surface area (Å²) in [4.78, 5) is 0. The van der Waals surface area contributed by atoms with Crippen LogP contribution >= 0.6 is 0 Å². The average Bonchev–Trinajstić information content (AvgIpc) is 2.55. The highest BCUT2D eigenvalue weighted by Crippen LogP contribution is 2.00. The summed E-state index contributed by atoms with van der Waals surface area (Å²) in [5.41, 5.74) is 2.65. The topological polar surface area (TPSA) is 12.0 Å². The van der Waals surface area contributed by atoms with Crippen molar-refractivity contribution < 1.29 is 0 Å². The summed E-state index contributed by atoms with van der Waals surface area (Å²) in [5, 5.41) is 3.42. The molecule has 1 nitrogen and oxygen atoms in total. The van der Waals surface area contributed by atoms with E-state index in [1.165, 1.54) is 36.8 Å². The Balaban J connectivity index is 0.000000315. The molecule has 0 saturated heterocycles. The van der Waals surface area contributed by atoms with E-state index in [0.29, 0.717) is 0 Å². The highest BCUT2D eigenvalue weighted by atomic mass is 14.8. The van der Waals surface area contributed by atoms with Crippen LogP contribution in [-0.2, 0) is 13.1 Å². The molecule has 0 radical (unpaired) electrons. The van der Waals surface area contributed by atoms with Gasteiger partial charge in [-0.25, -0.2) is 0 Å². The molecule has 0 fully saturated rings. The Kier molecular flexibility index (Phi) is 10.1. The first-order chi connectivity index (χ1) is 10.4. The fraction of sp³-hybridized carbons (Fsp3) is 0.400. The van der Waals surface area contributed by atoms with E-state index >= 15 is 0 Å². The number of hydrogen-bond donors (Lipinski definition) is 1. The van der Waals surface area contributed by atoms with Gasteiger partial charge in [0, 0.05) is 13.1 Å². The van der Waals surface area contributed by atoms with Crippen LogP contribution in [0.1, 0.15) is 50.7 Å². The Morgan fingerprint density at radius 2 is 1.00 bits per heavy atom. The van der Waals surface area contributed by atoms with E-state index in [0.717, 1.165) is 13.1 Å². The van der Waals surface area contributed by atoms with Gasteiger partial charge in [-0.15, -0.1) is 0 Å². The highest BCUT2D eigenvalue weighted by Gasteiger charge is 1.92. The lowest BCUT2D eigenvalue weighted by atomic mass is 10.2. The first kappa shape index (κ1) is 17.5. The van der Waals surface area contributed by atoms with Crippen molar-refractivity contribution >= 4 is 0 Å². The lowest BCUT2D eigenvalue weighted by molar-refractivity contribution is 0.693. The highest BCUT2D eigenvalue weighted by molar-refractivity contribution is 5.16. The Labute approximate surface area is 130 Å². The maximum absolute atomic E-state index is 3.42. The van der Waals surface area contributed by atoms with Crippen molar-refractivity contribution in [2.45, 2.75) is 52.6 Å². The first-order valence-corrected chi connectivity index (χ1v) is 8.15. The van der Waals surface area contributed by atoms with E-state index < -0.39 is 0 Å².